The van der Waals surface area contributed by atoms with E-state index in [0.29, 0.717) is 24.7 Å². The van der Waals surface area contributed by atoms with Crippen molar-refractivity contribution in [1.29, 1.82) is 0 Å². The fraction of sp³-hybridized carbons (Fsp3) is 0.519. The number of carbonyl (C=O) groups is 1. The third kappa shape index (κ3) is 5.27. The lowest BCUT2D eigenvalue weighted by Gasteiger charge is -2.18. The Morgan fingerprint density at radius 2 is 1.91 bits per heavy atom. The van der Waals surface area contributed by atoms with Crippen molar-refractivity contribution in [3.8, 4) is 5.69 Å². The van der Waals surface area contributed by atoms with Gasteiger partial charge in [0.15, 0.2) is 5.65 Å². The number of fused-ring (bicyclic) bond motifs is 1. The number of benzene rings is 1. The largest absolute Gasteiger partial charge is 0.356 e. The van der Waals surface area contributed by atoms with Gasteiger partial charge in [0, 0.05) is 37.1 Å². The van der Waals surface area contributed by atoms with Crippen LogP contribution in [0.5, 0.6) is 0 Å². The summed E-state index contributed by atoms with van der Waals surface area (Å²) < 4.78 is 1.92. The number of nitrogens with one attached hydrogen (secondary N) is 1. The number of para-hydroxylation sites is 1. The second-order valence-corrected chi connectivity index (χ2v) is 9.94. The molecule has 1 aliphatic heterocycles. The highest BCUT2D eigenvalue weighted by molar-refractivity contribution is 5.85. The van der Waals surface area contributed by atoms with E-state index in [4.69, 9.17) is 10.1 Å². The first kappa shape index (κ1) is 23.4. The molecule has 6 heteroatoms. The zero-order chi connectivity index (χ0) is 23.5. The van der Waals surface area contributed by atoms with Crippen molar-refractivity contribution in [2.75, 3.05) is 26.2 Å². The molecule has 3 heterocycles. The molecule has 1 fully saturated rings. The van der Waals surface area contributed by atoms with Crippen LogP contribution in [-0.4, -0.2) is 51.8 Å². The zero-order valence-electron chi connectivity index (χ0n) is 20.7. The average Bonchev–Trinajstić information content (AvgIpc) is 3.36. The number of hydrogen-bond acceptors (Lipinski definition) is 4. The average molecular weight is 448 g/mol. The Bertz CT molecular complexity index is 1120. The number of pyridine rings is 1. The molecule has 0 radical (unpaired) electrons. The Morgan fingerprint density at radius 1 is 1.15 bits per heavy atom. The molecule has 2 aromatic heterocycles. The number of aryl methyl sites for hydroxylation is 3. The summed E-state index contributed by atoms with van der Waals surface area (Å²) in [5.74, 6) is 1.40. The first-order valence-electron chi connectivity index (χ1n) is 12.2. The third-order valence-electron chi connectivity index (χ3n) is 6.76. The summed E-state index contributed by atoms with van der Waals surface area (Å²) in [4.78, 5) is 20.0. The van der Waals surface area contributed by atoms with Crippen LogP contribution in [0.25, 0.3) is 16.7 Å². The first-order chi connectivity index (χ1) is 15.8. The Morgan fingerprint density at radius 3 is 2.64 bits per heavy atom. The molecule has 1 atom stereocenters. The van der Waals surface area contributed by atoms with Gasteiger partial charge >= 0.3 is 0 Å². The van der Waals surface area contributed by atoms with Gasteiger partial charge in [0.05, 0.1) is 11.4 Å². The van der Waals surface area contributed by atoms with Gasteiger partial charge in [-0.3, -0.25) is 4.79 Å². The molecule has 0 aliphatic carbocycles. The molecule has 1 amide bonds. The van der Waals surface area contributed by atoms with E-state index in [9.17, 15) is 4.79 Å². The van der Waals surface area contributed by atoms with Crippen LogP contribution in [0.2, 0.25) is 0 Å². The Labute approximate surface area is 197 Å². The van der Waals surface area contributed by atoms with Crippen molar-refractivity contribution in [3.05, 3.63) is 52.8 Å². The van der Waals surface area contributed by atoms with E-state index in [1.807, 2.05) is 48.9 Å². The second kappa shape index (κ2) is 10.0. The first-order valence-corrected chi connectivity index (χ1v) is 12.2. The summed E-state index contributed by atoms with van der Waals surface area (Å²) in [6, 6.07) is 10.1. The summed E-state index contributed by atoms with van der Waals surface area (Å²) in [5.41, 5.74) is 6.19. The number of rotatable bonds is 8. The number of hydrogen-bond donors (Lipinski definition) is 1. The topological polar surface area (TPSA) is 63.1 Å². The van der Waals surface area contributed by atoms with Gasteiger partial charge in [0.2, 0.25) is 5.91 Å². The Kier molecular flexibility index (Phi) is 7.13. The molecule has 1 N–H and O–H groups in total. The highest BCUT2D eigenvalue weighted by Crippen LogP contribution is 2.28. The van der Waals surface area contributed by atoms with Crippen LogP contribution < -0.4 is 5.32 Å². The molecule has 1 aromatic carbocycles. The number of nitrogens with zero attached hydrogens (tertiary/aromatic N) is 4. The van der Waals surface area contributed by atoms with Crippen LogP contribution >= 0.6 is 0 Å². The number of aromatic nitrogens is 3. The summed E-state index contributed by atoms with van der Waals surface area (Å²) in [5, 5.41) is 9.04. The summed E-state index contributed by atoms with van der Waals surface area (Å²) in [6.45, 7) is 14.9. The Balaban J connectivity index is 1.41. The van der Waals surface area contributed by atoms with Crippen LogP contribution in [-0.2, 0) is 11.2 Å². The maximum absolute atomic E-state index is 12.6. The van der Waals surface area contributed by atoms with Crippen molar-refractivity contribution in [2.24, 2.45) is 11.8 Å². The quantitative estimate of drug-likeness (QED) is 0.557. The van der Waals surface area contributed by atoms with E-state index < -0.39 is 0 Å². The van der Waals surface area contributed by atoms with Gasteiger partial charge < -0.3 is 10.2 Å². The SMILES string of the molecule is Cc1nc2c(c(C)nn2-c2ccccc2)c(C)c1CCC(=O)NC[C@@H]1CCN(CC(C)C)C1. The van der Waals surface area contributed by atoms with Gasteiger partial charge in [0.1, 0.15) is 0 Å². The van der Waals surface area contributed by atoms with Crippen LogP contribution in [0.3, 0.4) is 0 Å². The molecular formula is C27H37N5O. The molecule has 4 rings (SSSR count). The van der Waals surface area contributed by atoms with Crippen molar-refractivity contribution < 1.29 is 4.79 Å². The normalized spacial score (nSPS) is 16.7. The predicted octanol–water partition coefficient (Wildman–Crippen LogP) is 4.37. The molecule has 1 saturated heterocycles. The third-order valence-corrected chi connectivity index (χ3v) is 6.76. The Hall–Kier alpha value is -2.73. The summed E-state index contributed by atoms with van der Waals surface area (Å²) >= 11 is 0. The van der Waals surface area contributed by atoms with E-state index in [-0.39, 0.29) is 5.91 Å². The number of likely N-dealkylation sites (tertiary alicyclic amines) is 1. The van der Waals surface area contributed by atoms with Gasteiger partial charge in [-0.15, -0.1) is 0 Å². The molecule has 6 nitrogen and oxygen atoms in total. The molecule has 176 valence electrons. The number of amides is 1. The van der Waals surface area contributed by atoms with E-state index in [1.54, 1.807) is 0 Å². The van der Waals surface area contributed by atoms with Gasteiger partial charge in [-0.2, -0.15) is 5.10 Å². The molecule has 0 saturated carbocycles. The van der Waals surface area contributed by atoms with Gasteiger partial charge in [-0.25, -0.2) is 9.67 Å². The maximum atomic E-state index is 12.6. The van der Waals surface area contributed by atoms with Crippen molar-refractivity contribution >= 4 is 16.9 Å². The predicted molar refractivity (Wildman–Crippen MR) is 134 cm³/mol. The zero-order valence-corrected chi connectivity index (χ0v) is 20.7. The second-order valence-electron chi connectivity index (χ2n) is 9.94. The van der Waals surface area contributed by atoms with E-state index >= 15 is 0 Å². The van der Waals surface area contributed by atoms with E-state index in [2.05, 4.69) is 31.0 Å². The molecule has 33 heavy (non-hydrogen) atoms. The van der Waals surface area contributed by atoms with E-state index in [1.165, 1.54) is 12.0 Å². The van der Waals surface area contributed by atoms with Gasteiger partial charge in [0.25, 0.3) is 0 Å². The van der Waals surface area contributed by atoms with Crippen LogP contribution in [0.1, 0.15) is 49.2 Å². The van der Waals surface area contributed by atoms with Crippen molar-refractivity contribution in [1.82, 2.24) is 25.0 Å². The minimum Gasteiger partial charge on any atom is -0.356 e. The molecule has 3 aromatic rings. The van der Waals surface area contributed by atoms with Gasteiger partial charge in [-0.05, 0) is 75.3 Å². The summed E-state index contributed by atoms with van der Waals surface area (Å²) in [6.07, 6.45) is 2.37. The molecule has 0 bridgehead atoms. The maximum Gasteiger partial charge on any atom is 0.220 e. The van der Waals surface area contributed by atoms with Crippen LogP contribution in [0.15, 0.2) is 30.3 Å². The highest BCUT2D eigenvalue weighted by atomic mass is 16.1. The minimum atomic E-state index is 0.132. The molecular weight excluding hydrogens is 410 g/mol. The lowest BCUT2D eigenvalue weighted by atomic mass is 9.99. The fourth-order valence-corrected chi connectivity index (χ4v) is 5.17. The summed E-state index contributed by atoms with van der Waals surface area (Å²) in [7, 11) is 0. The minimum absolute atomic E-state index is 0.132. The fourth-order valence-electron chi connectivity index (χ4n) is 5.17. The lowest BCUT2D eigenvalue weighted by molar-refractivity contribution is -0.121. The van der Waals surface area contributed by atoms with E-state index in [0.717, 1.165) is 59.9 Å². The smallest absolute Gasteiger partial charge is 0.220 e. The monoisotopic (exact) mass is 447 g/mol. The van der Waals surface area contributed by atoms with Gasteiger partial charge in [-0.1, -0.05) is 32.0 Å². The molecule has 0 unspecified atom stereocenters. The van der Waals surface area contributed by atoms with Crippen LogP contribution in [0, 0.1) is 32.6 Å². The highest BCUT2D eigenvalue weighted by Gasteiger charge is 2.23. The number of carbonyl (C=O) groups excluding carboxylic acids is 1. The molecule has 1 aliphatic rings. The standard InChI is InChI=1S/C27H37N5O/c1-18(2)16-31-14-13-22(17-31)15-28-25(33)12-11-24-19(3)26-21(5)30-32(27(26)29-20(24)4)23-9-7-6-8-10-23/h6-10,18,22H,11-17H2,1-5H3,(H,28,33)/t22-/m0/s1. The molecule has 0 spiro atoms. The van der Waals surface area contributed by atoms with Crippen molar-refractivity contribution in [2.45, 2.75) is 53.9 Å². The van der Waals surface area contributed by atoms with Crippen molar-refractivity contribution in [3.63, 3.8) is 0 Å². The van der Waals surface area contributed by atoms with Crippen LogP contribution in [0.4, 0.5) is 0 Å². The lowest BCUT2D eigenvalue weighted by Crippen LogP contribution is -2.32.